The molecule has 1 aliphatic carbocycles. The Bertz CT molecular complexity index is 192. The number of halogens is 1. The third-order valence-corrected chi connectivity index (χ3v) is 3.34. The molecule has 1 saturated carbocycles. The summed E-state index contributed by atoms with van der Waals surface area (Å²) in [7, 11) is 0. The molecule has 3 atom stereocenters. The van der Waals surface area contributed by atoms with Crippen LogP contribution in [0.4, 0.5) is 0 Å². The third kappa shape index (κ3) is 3.16. The lowest BCUT2D eigenvalue weighted by Gasteiger charge is -2.34. The number of carbonyl (C=O) groups is 1. The molecule has 3 heteroatoms. The first-order valence-corrected chi connectivity index (χ1v) is 5.25. The van der Waals surface area contributed by atoms with Crippen LogP contribution in [0.5, 0.6) is 0 Å². The number of hydrogen-bond donors (Lipinski definition) is 1. The van der Waals surface area contributed by atoms with E-state index in [1.54, 1.807) is 0 Å². The van der Waals surface area contributed by atoms with Crippen molar-refractivity contribution in [3.63, 3.8) is 0 Å². The van der Waals surface area contributed by atoms with E-state index in [0.29, 0.717) is 17.8 Å². The molecule has 0 aromatic carbocycles. The maximum absolute atomic E-state index is 11.0. The fourth-order valence-electron chi connectivity index (χ4n) is 2.49. The zero-order chi connectivity index (χ0) is 10.0. The number of carboxylic acid groups (broad SMARTS) is 1. The van der Waals surface area contributed by atoms with Crippen LogP contribution < -0.4 is 0 Å². The normalized spacial score (nSPS) is 32.4. The maximum Gasteiger partial charge on any atom is 0.306 e. The van der Waals surface area contributed by atoms with E-state index in [2.05, 4.69) is 20.8 Å². The molecule has 0 bridgehead atoms. The molecule has 2 nitrogen and oxygen atoms in total. The van der Waals surface area contributed by atoms with Crippen LogP contribution in [0.3, 0.4) is 0 Å². The van der Waals surface area contributed by atoms with Crippen LogP contribution in [0.25, 0.3) is 0 Å². The molecule has 0 aromatic rings. The Morgan fingerprint density at radius 3 is 2.36 bits per heavy atom. The van der Waals surface area contributed by atoms with Crippen molar-refractivity contribution in [1.82, 2.24) is 0 Å². The number of carboxylic acids is 1. The van der Waals surface area contributed by atoms with Gasteiger partial charge in [-0.05, 0) is 30.6 Å². The predicted octanol–water partition coefficient (Wildman–Crippen LogP) is 3.20. The molecule has 0 radical (unpaired) electrons. The van der Waals surface area contributed by atoms with Crippen molar-refractivity contribution in [1.29, 1.82) is 0 Å². The molecule has 1 aliphatic rings. The molecule has 1 rings (SSSR count). The van der Waals surface area contributed by atoms with E-state index in [0.717, 1.165) is 12.8 Å². The molecule has 0 aliphatic heterocycles. The highest BCUT2D eigenvalue weighted by Crippen LogP contribution is 2.37. The monoisotopic (exact) mass is 220 g/mol. The van der Waals surface area contributed by atoms with Crippen LogP contribution in [0.15, 0.2) is 0 Å². The second kappa shape index (κ2) is 5.59. The van der Waals surface area contributed by atoms with Gasteiger partial charge in [0.25, 0.3) is 0 Å². The van der Waals surface area contributed by atoms with E-state index in [9.17, 15) is 4.79 Å². The summed E-state index contributed by atoms with van der Waals surface area (Å²) in [5, 5.41) is 9.08. The van der Waals surface area contributed by atoms with E-state index in [1.165, 1.54) is 6.42 Å². The van der Waals surface area contributed by atoms with Crippen molar-refractivity contribution in [2.24, 2.45) is 23.7 Å². The van der Waals surface area contributed by atoms with Gasteiger partial charge in [0.2, 0.25) is 0 Å². The SMILES string of the molecule is CC1CCC(C(C)C)C(C(=O)O)C1.Cl. The lowest BCUT2D eigenvalue weighted by molar-refractivity contribution is -0.146. The van der Waals surface area contributed by atoms with E-state index < -0.39 is 5.97 Å². The molecule has 0 aromatic heterocycles. The van der Waals surface area contributed by atoms with Gasteiger partial charge in [-0.2, -0.15) is 0 Å². The van der Waals surface area contributed by atoms with Crippen LogP contribution in [-0.2, 0) is 4.79 Å². The lowest BCUT2D eigenvalue weighted by atomic mass is 9.70. The Hall–Kier alpha value is -0.240. The van der Waals surface area contributed by atoms with Crippen molar-refractivity contribution in [2.45, 2.75) is 40.0 Å². The van der Waals surface area contributed by atoms with Gasteiger partial charge < -0.3 is 5.11 Å². The largest absolute Gasteiger partial charge is 0.481 e. The molecular weight excluding hydrogens is 200 g/mol. The highest BCUT2D eigenvalue weighted by Gasteiger charge is 2.35. The number of hydrogen-bond acceptors (Lipinski definition) is 1. The Balaban J connectivity index is 0.00000169. The average Bonchev–Trinajstić information content (AvgIpc) is 2.03. The minimum atomic E-state index is -0.592. The topological polar surface area (TPSA) is 37.3 Å². The quantitative estimate of drug-likeness (QED) is 0.776. The van der Waals surface area contributed by atoms with Crippen LogP contribution in [-0.4, -0.2) is 11.1 Å². The van der Waals surface area contributed by atoms with Gasteiger partial charge in [0.1, 0.15) is 0 Å². The minimum Gasteiger partial charge on any atom is -0.481 e. The average molecular weight is 221 g/mol. The summed E-state index contributed by atoms with van der Waals surface area (Å²) in [6.45, 7) is 6.43. The predicted molar refractivity (Wildman–Crippen MR) is 59.7 cm³/mol. The molecule has 14 heavy (non-hydrogen) atoms. The van der Waals surface area contributed by atoms with Crippen molar-refractivity contribution in [2.75, 3.05) is 0 Å². The zero-order valence-corrected chi connectivity index (χ0v) is 10.0. The lowest BCUT2D eigenvalue weighted by Crippen LogP contribution is -2.33. The molecule has 0 spiro atoms. The van der Waals surface area contributed by atoms with Crippen molar-refractivity contribution in [3.8, 4) is 0 Å². The van der Waals surface area contributed by atoms with Gasteiger partial charge in [-0.1, -0.05) is 27.2 Å². The van der Waals surface area contributed by atoms with Crippen molar-refractivity contribution >= 4 is 18.4 Å². The summed E-state index contributed by atoms with van der Waals surface area (Å²) >= 11 is 0. The minimum absolute atomic E-state index is 0. The van der Waals surface area contributed by atoms with Gasteiger partial charge >= 0.3 is 5.97 Å². The second-order valence-electron chi connectivity index (χ2n) is 4.77. The molecule has 1 N–H and O–H groups in total. The number of aliphatic carboxylic acids is 1. The molecule has 0 heterocycles. The summed E-state index contributed by atoms with van der Waals surface area (Å²) in [5.41, 5.74) is 0. The summed E-state index contributed by atoms with van der Waals surface area (Å²) < 4.78 is 0. The Morgan fingerprint density at radius 2 is 1.93 bits per heavy atom. The van der Waals surface area contributed by atoms with Crippen molar-refractivity contribution in [3.05, 3.63) is 0 Å². The van der Waals surface area contributed by atoms with Gasteiger partial charge in [-0.25, -0.2) is 0 Å². The standard InChI is InChI=1S/C11H20O2.ClH/c1-7(2)9-5-4-8(3)6-10(9)11(12)13;/h7-10H,4-6H2,1-3H3,(H,12,13);1H. The van der Waals surface area contributed by atoms with Gasteiger partial charge in [0.05, 0.1) is 5.92 Å². The highest BCUT2D eigenvalue weighted by molar-refractivity contribution is 5.85. The van der Waals surface area contributed by atoms with E-state index in [4.69, 9.17) is 5.11 Å². The summed E-state index contributed by atoms with van der Waals surface area (Å²) in [4.78, 5) is 11.0. The number of rotatable bonds is 2. The van der Waals surface area contributed by atoms with E-state index >= 15 is 0 Å². The fraction of sp³-hybridized carbons (Fsp3) is 0.909. The first-order chi connectivity index (χ1) is 6.02. The van der Waals surface area contributed by atoms with E-state index in [1.807, 2.05) is 0 Å². The summed E-state index contributed by atoms with van der Waals surface area (Å²) in [5.74, 6) is 0.812. The van der Waals surface area contributed by atoms with Gasteiger partial charge in [-0.3, -0.25) is 4.79 Å². The summed E-state index contributed by atoms with van der Waals surface area (Å²) in [6.07, 6.45) is 3.17. The maximum atomic E-state index is 11.0. The molecule has 1 fully saturated rings. The Labute approximate surface area is 92.5 Å². The molecule has 0 amide bonds. The third-order valence-electron chi connectivity index (χ3n) is 3.34. The fourth-order valence-corrected chi connectivity index (χ4v) is 2.49. The Kier molecular flexibility index (Phi) is 5.50. The van der Waals surface area contributed by atoms with Crippen LogP contribution in [0, 0.1) is 23.7 Å². The van der Waals surface area contributed by atoms with Crippen LogP contribution in [0.1, 0.15) is 40.0 Å². The summed E-state index contributed by atoms with van der Waals surface area (Å²) in [6, 6.07) is 0. The zero-order valence-electron chi connectivity index (χ0n) is 9.19. The van der Waals surface area contributed by atoms with E-state index in [-0.39, 0.29) is 18.3 Å². The molecule has 3 unspecified atom stereocenters. The van der Waals surface area contributed by atoms with Crippen molar-refractivity contribution < 1.29 is 9.90 Å². The van der Waals surface area contributed by atoms with Crippen LogP contribution >= 0.6 is 12.4 Å². The van der Waals surface area contributed by atoms with Gasteiger partial charge in [-0.15, -0.1) is 12.4 Å². The smallest absolute Gasteiger partial charge is 0.306 e. The highest BCUT2D eigenvalue weighted by atomic mass is 35.5. The molecular formula is C11H21ClO2. The van der Waals surface area contributed by atoms with Gasteiger partial charge in [0, 0.05) is 0 Å². The van der Waals surface area contributed by atoms with Gasteiger partial charge in [0.15, 0.2) is 0 Å². The first-order valence-electron chi connectivity index (χ1n) is 5.25. The van der Waals surface area contributed by atoms with Crippen LogP contribution in [0.2, 0.25) is 0 Å². The molecule has 0 saturated heterocycles. The first kappa shape index (κ1) is 13.8. The molecule has 84 valence electrons. The Morgan fingerprint density at radius 1 is 1.36 bits per heavy atom. The second-order valence-corrected chi connectivity index (χ2v) is 4.77.